The van der Waals surface area contributed by atoms with E-state index in [1.165, 1.54) is 11.3 Å². The lowest BCUT2D eigenvalue weighted by atomic mass is 10.1. The van der Waals surface area contributed by atoms with Crippen molar-refractivity contribution in [1.29, 1.82) is 0 Å². The molecule has 0 saturated carbocycles. The lowest BCUT2D eigenvalue weighted by Crippen LogP contribution is -2.20. The zero-order valence-corrected chi connectivity index (χ0v) is 11.8. The molecule has 0 atom stereocenters. The summed E-state index contributed by atoms with van der Waals surface area (Å²) in [6.45, 7) is 0.424. The maximum absolute atomic E-state index is 12.3. The molecule has 3 aromatic rings. The van der Waals surface area contributed by atoms with Gasteiger partial charge in [-0.2, -0.15) is 0 Å². The first kappa shape index (κ1) is 13.5. The topological polar surface area (TPSA) is 72.2 Å². The Kier molecular flexibility index (Phi) is 3.53. The summed E-state index contributed by atoms with van der Waals surface area (Å²) in [6.07, 6.45) is 1.55. The summed E-state index contributed by atoms with van der Waals surface area (Å²) < 4.78 is 2.21. The van der Waals surface area contributed by atoms with E-state index in [9.17, 15) is 9.59 Å². The number of aliphatic carboxylic acids is 1. The first-order valence-corrected chi connectivity index (χ1v) is 7.24. The number of benzene rings is 1. The third-order valence-electron chi connectivity index (χ3n) is 3.17. The molecule has 1 N–H and O–H groups in total. The summed E-state index contributed by atoms with van der Waals surface area (Å²) in [5.41, 5.74) is 2.34. The van der Waals surface area contributed by atoms with Crippen molar-refractivity contribution in [2.24, 2.45) is 0 Å². The van der Waals surface area contributed by atoms with Gasteiger partial charge in [0.1, 0.15) is 4.70 Å². The summed E-state index contributed by atoms with van der Waals surface area (Å²) in [4.78, 5) is 27.1. The van der Waals surface area contributed by atoms with Crippen molar-refractivity contribution in [2.75, 3.05) is 0 Å². The third kappa shape index (κ3) is 2.85. The second-order valence-electron chi connectivity index (χ2n) is 4.70. The van der Waals surface area contributed by atoms with E-state index in [1.54, 1.807) is 23.0 Å². The van der Waals surface area contributed by atoms with Crippen LogP contribution in [0.1, 0.15) is 11.1 Å². The Hall–Kier alpha value is -2.47. The average molecular weight is 300 g/mol. The number of hydrogen-bond acceptors (Lipinski definition) is 4. The molecule has 21 heavy (non-hydrogen) atoms. The maximum Gasteiger partial charge on any atom is 0.307 e. The van der Waals surface area contributed by atoms with E-state index < -0.39 is 5.97 Å². The molecule has 5 nitrogen and oxygen atoms in total. The molecular weight excluding hydrogens is 288 g/mol. The fourth-order valence-electron chi connectivity index (χ4n) is 2.13. The number of hydrogen-bond donors (Lipinski definition) is 1. The van der Waals surface area contributed by atoms with Crippen molar-refractivity contribution >= 4 is 27.5 Å². The van der Waals surface area contributed by atoms with E-state index in [0.717, 1.165) is 16.6 Å². The van der Waals surface area contributed by atoms with Gasteiger partial charge in [-0.1, -0.05) is 24.3 Å². The first-order chi connectivity index (χ1) is 10.1. The molecule has 0 unspecified atom stereocenters. The highest BCUT2D eigenvalue weighted by molar-refractivity contribution is 7.17. The van der Waals surface area contributed by atoms with Crippen LogP contribution in [0.15, 0.2) is 46.8 Å². The Balaban J connectivity index is 1.86. The number of carboxylic acids is 1. The Morgan fingerprint density at radius 3 is 2.62 bits per heavy atom. The molecule has 0 bridgehead atoms. The third-order valence-corrected chi connectivity index (χ3v) is 4.06. The number of carboxylic acid groups (broad SMARTS) is 1. The number of thiophene rings is 1. The van der Waals surface area contributed by atoms with Gasteiger partial charge in [0.15, 0.2) is 0 Å². The summed E-state index contributed by atoms with van der Waals surface area (Å²) in [6, 6.07) is 9.04. The van der Waals surface area contributed by atoms with Crippen molar-refractivity contribution < 1.29 is 9.90 Å². The molecule has 0 saturated heterocycles. The second kappa shape index (κ2) is 5.49. The van der Waals surface area contributed by atoms with E-state index in [0.29, 0.717) is 11.2 Å². The average Bonchev–Trinajstić information content (AvgIpc) is 2.93. The zero-order chi connectivity index (χ0) is 14.8. The predicted molar refractivity (Wildman–Crippen MR) is 80.8 cm³/mol. The van der Waals surface area contributed by atoms with Crippen LogP contribution >= 0.6 is 11.3 Å². The Morgan fingerprint density at radius 2 is 1.90 bits per heavy atom. The van der Waals surface area contributed by atoms with Gasteiger partial charge in [0.2, 0.25) is 0 Å². The number of carbonyl (C=O) groups is 1. The minimum absolute atomic E-state index is 0.00292. The van der Waals surface area contributed by atoms with Crippen LogP contribution in [0.5, 0.6) is 0 Å². The van der Waals surface area contributed by atoms with Gasteiger partial charge in [-0.15, -0.1) is 11.3 Å². The smallest absolute Gasteiger partial charge is 0.307 e. The molecule has 0 fully saturated rings. The fourth-order valence-corrected chi connectivity index (χ4v) is 2.92. The molecule has 3 rings (SSSR count). The molecule has 6 heteroatoms. The largest absolute Gasteiger partial charge is 0.481 e. The maximum atomic E-state index is 12.3. The lowest BCUT2D eigenvalue weighted by Gasteiger charge is -2.06. The molecule has 106 valence electrons. The molecule has 0 aliphatic heterocycles. The van der Waals surface area contributed by atoms with Gasteiger partial charge in [-0.3, -0.25) is 14.2 Å². The van der Waals surface area contributed by atoms with E-state index in [1.807, 2.05) is 23.6 Å². The normalized spacial score (nSPS) is 10.9. The van der Waals surface area contributed by atoms with E-state index >= 15 is 0 Å². The van der Waals surface area contributed by atoms with Gasteiger partial charge in [0.05, 0.1) is 24.8 Å². The first-order valence-electron chi connectivity index (χ1n) is 6.36. The fraction of sp³-hybridized carbons (Fsp3) is 0.133. The molecule has 2 aromatic heterocycles. The molecule has 1 aromatic carbocycles. The van der Waals surface area contributed by atoms with Crippen molar-refractivity contribution in [1.82, 2.24) is 9.55 Å². The lowest BCUT2D eigenvalue weighted by molar-refractivity contribution is -0.136. The monoisotopic (exact) mass is 300 g/mol. The second-order valence-corrected chi connectivity index (χ2v) is 5.62. The van der Waals surface area contributed by atoms with Crippen LogP contribution in [0.25, 0.3) is 10.2 Å². The van der Waals surface area contributed by atoms with Gasteiger partial charge in [-0.25, -0.2) is 4.98 Å². The number of nitrogens with zero attached hydrogens (tertiary/aromatic N) is 2. The zero-order valence-electron chi connectivity index (χ0n) is 11.0. The van der Waals surface area contributed by atoms with E-state index in [-0.39, 0.29) is 12.0 Å². The van der Waals surface area contributed by atoms with Gasteiger partial charge >= 0.3 is 5.97 Å². The molecule has 0 spiro atoms. The van der Waals surface area contributed by atoms with Crippen LogP contribution in [-0.2, 0) is 17.8 Å². The van der Waals surface area contributed by atoms with Gasteiger partial charge in [-0.05, 0) is 22.6 Å². The van der Waals surface area contributed by atoms with Crippen LogP contribution in [0.2, 0.25) is 0 Å². The summed E-state index contributed by atoms with van der Waals surface area (Å²) in [5.74, 6) is -0.855. The summed E-state index contributed by atoms with van der Waals surface area (Å²) in [7, 11) is 0. The highest BCUT2D eigenvalue weighted by Crippen LogP contribution is 2.14. The molecule has 0 radical (unpaired) electrons. The van der Waals surface area contributed by atoms with Crippen LogP contribution in [0.3, 0.4) is 0 Å². The quantitative estimate of drug-likeness (QED) is 0.801. The molecule has 0 aliphatic carbocycles. The predicted octanol–water partition coefficient (Wildman–Crippen LogP) is 2.13. The highest BCUT2D eigenvalue weighted by atomic mass is 32.1. The number of fused-ring (bicyclic) bond motifs is 1. The van der Waals surface area contributed by atoms with Crippen LogP contribution in [0, 0.1) is 0 Å². The van der Waals surface area contributed by atoms with E-state index in [2.05, 4.69) is 4.98 Å². The Labute approximate surface area is 124 Å². The van der Waals surface area contributed by atoms with Crippen molar-refractivity contribution in [3.8, 4) is 0 Å². The SMILES string of the molecule is O=C(O)Cc1ccc(Cn2cnc3ccsc3c2=O)cc1. The highest BCUT2D eigenvalue weighted by Gasteiger charge is 2.06. The Bertz CT molecular complexity index is 849. The summed E-state index contributed by atoms with van der Waals surface area (Å²) in [5, 5.41) is 10.6. The van der Waals surface area contributed by atoms with Gasteiger partial charge < -0.3 is 5.11 Å². The van der Waals surface area contributed by atoms with Crippen LogP contribution in [-0.4, -0.2) is 20.6 Å². The Morgan fingerprint density at radius 1 is 1.19 bits per heavy atom. The van der Waals surface area contributed by atoms with E-state index in [4.69, 9.17) is 5.11 Å². The molecule has 0 aliphatic rings. The molecular formula is C15H12N2O3S. The van der Waals surface area contributed by atoms with Crippen LogP contribution in [0.4, 0.5) is 0 Å². The minimum Gasteiger partial charge on any atom is -0.481 e. The number of aromatic nitrogens is 2. The molecule has 0 amide bonds. The van der Waals surface area contributed by atoms with Gasteiger partial charge in [0.25, 0.3) is 5.56 Å². The number of rotatable bonds is 4. The summed E-state index contributed by atoms with van der Waals surface area (Å²) >= 11 is 1.39. The minimum atomic E-state index is -0.855. The standard InChI is InChI=1S/C15H12N2O3S/c18-13(19)7-10-1-3-11(4-2-10)8-17-9-16-12-5-6-21-14(12)15(17)20/h1-6,9H,7-8H2,(H,18,19). The van der Waals surface area contributed by atoms with Crippen LogP contribution < -0.4 is 5.56 Å². The van der Waals surface area contributed by atoms with Crippen molar-refractivity contribution in [3.63, 3.8) is 0 Å². The van der Waals surface area contributed by atoms with Crippen molar-refractivity contribution in [3.05, 3.63) is 63.5 Å². The van der Waals surface area contributed by atoms with Crippen molar-refractivity contribution in [2.45, 2.75) is 13.0 Å². The van der Waals surface area contributed by atoms with Gasteiger partial charge in [0, 0.05) is 0 Å². The molecule has 2 heterocycles.